The van der Waals surface area contributed by atoms with Gasteiger partial charge in [-0.2, -0.15) is 0 Å². The number of carbonyl (C=O) groups is 1. The predicted octanol–water partition coefficient (Wildman–Crippen LogP) is 2.71. The molecule has 6 nitrogen and oxygen atoms in total. The number of hydrogen-bond donors (Lipinski definition) is 3. The smallest absolute Gasteiger partial charge is 0.315 e. The standard InChI is InChI=1S/C18H23N3O3/c1-10-6-12(3)21-17(22)15(10)9-20-18(23)19-8-13-4-5-16(24-13)14-7-11(14)2/h4-6,11,14H,7-9H2,1-3H3,(H,21,22)(H2,19,20,23)/t11-,14+/m0/s1. The lowest BCUT2D eigenvalue weighted by Crippen LogP contribution is -2.36. The Morgan fingerprint density at radius 2 is 2.00 bits per heavy atom. The molecular weight excluding hydrogens is 306 g/mol. The van der Waals surface area contributed by atoms with Gasteiger partial charge in [0, 0.05) is 17.2 Å². The largest absolute Gasteiger partial charge is 0.464 e. The molecule has 2 aromatic rings. The first-order valence-corrected chi connectivity index (χ1v) is 8.23. The summed E-state index contributed by atoms with van der Waals surface area (Å²) in [5, 5.41) is 5.45. The molecule has 3 rings (SSSR count). The highest BCUT2D eigenvalue weighted by molar-refractivity contribution is 5.73. The van der Waals surface area contributed by atoms with Crippen LogP contribution in [0.4, 0.5) is 4.79 Å². The Morgan fingerprint density at radius 1 is 1.29 bits per heavy atom. The molecule has 0 spiro atoms. The summed E-state index contributed by atoms with van der Waals surface area (Å²) in [5.41, 5.74) is 2.08. The average molecular weight is 329 g/mol. The van der Waals surface area contributed by atoms with E-state index in [1.807, 2.05) is 32.0 Å². The summed E-state index contributed by atoms with van der Waals surface area (Å²) < 4.78 is 5.75. The van der Waals surface area contributed by atoms with E-state index in [1.54, 1.807) is 0 Å². The SMILES string of the molecule is Cc1cc(C)c(CNC(=O)NCc2ccc([C@@H]3C[C@@H]3C)o2)c(=O)[nH]1. The number of pyridine rings is 1. The van der Waals surface area contributed by atoms with Gasteiger partial charge in [0.05, 0.1) is 13.1 Å². The number of urea groups is 1. The van der Waals surface area contributed by atoms with Crippen molar-refractivity contribution in [3.63, 3.8) is 0 Å². The Balaban J connectivity index is 1.49. The molecule has 2 atom stereocenters. The summed E-state index contributed by atoms with van der Waals surface area (Å²) in [5.74, 6) is 2.96. The Kier molecular flexibility index (Phi) is 4.46. The number of H-pyrrole nitrogens is 1. The summed E-state index contributed by atoms with van der Waals surface area (Å²) in [6, 6.07) is 5.44. The van der Waals surface area contributed by atoms with Gasteiger partial charge < -0.3 is 20.0 Å². The quantitative estimate of drug-likeness (QED) is 0.788. The molecule has 3 N–H and O–H groups in total. The molecule has 0 aliphatic heterocycles. The van der Waals surface area contributed by atoms with E-state index in [0.29, 0.717) is 23.9 Å². The number of rotatable bonds is 5. The van der Waals surface area contributed by atoms with Crippen molar-refractivity contribution in [2.45, 2.75) is 46.2 Å². The third kappa shape index (κ3) is 3.69. The van der Waals surface area contributed by atoms with Gasteiger partial charge in [0.2, 0.25) is 0 Å². The number of furan rings is 1. The van der Waals surface area contributed by atoms with Gasteiger partial charge in [0.1, 0.15) is 11.5 Å². The fourth-order valence-electron chi connectivity index (χ4n) is 2.91. The fourth-order valence-corrected chi connectivity index (χ4v) is 2.91. The Bertz CT molecular complexity index is 806. The summed E-state index contributed by atoms with van der Waals surface area (Å²) in [7, 11) is 0. The van der Waals surface area contributed by atoms with Crippen LogP contribution < -0.4 is 16.2 Å². The summed E-state index contributed by atoms with van der Waals surface area (Å²) in [4.78, 5) is 26.6. The lowest BCUT2D eigenvalue weighted by molar-refractivity contribution is 0.239. The van der Waals surface area contributed by atoms with E-state index in [4.69, 9.17) is 4.42 Å². The number of aryl methyl sites for hydroxylation is 2. The summed E-state index contributed by atoms with van der Waals surface area (Å²) in [6.07, 6.45) is 1.17. The average Bonchev–Trinajstić information content (AvgIpc) is 3.06. The van der Waals surface area contributed by atoms with E-state index in [0.717, 1.165) is 22.8 Å². The van der Waals surface area contributed by atoms with Gasteiger partial charge in [0.15, 0.2) is 0 Å². The molecule has 6 heteroatoms. The lowest BCUT2D eigenvalue weighted by atomic mass is 10.1. The summed E-state index contributed by atoms with van der Waals surface area (Å²) in [6.45, 7) is 6.42. The van der Waals surface area contributed by atoms with Crippen LogP contribution in [-0.2, 0) is 13.1 Å². The van der Waals surface area contributed by atoms with Crippen molar-refractivity contribution in [2.24, 2.45) is 5.92 Å². The molecular formula is C18H23N3O3. The first-order chi connectivity index (χ1) is 11.4. The van der Waals surface area contributed by atoms with Gasteiger partial charge in [-0.15, -0.1) is 0 Å². The maximum atomic E-state index is 11.9. The predicted molar refractivity (Wildman–Crippen MR) is 90.8 cm³/mol. The van der Waals surface area contributed by atoms with Crippen LogP contribution in [0, 0.1) is 19.8 Å². The van der Waals surface area contributed by atoms with Crippen LogP contribution in [0.15, 0.2) is 27.4 Å². The van der Waals surface area contributed by atoms with Crippen LogP contribution in [0.3, 0.4) is 0 Å². The number of nitrogens with one attached hydrogen (secondary N) is 3. The van der Waals surface area contributed by atoms with Crippen molar-refractivity contribution in [1.29, 1.82) is 0 Å². The van der Waals surface area contributed by atoms with Gasteiger partial charge in [-0.3, -0.25) is 4.79 Å². The highest BCUT2D eigenvalue weighted by atomic mass is 16.3. The normalized spacial score (nSPS) is 19.1. The maximum Gasteiger partial charge on any atom is 0.315 e. The molecule has 0 unspecified atom stereocenters. The van der Waals surface area contributed by atoms with E-state index in [1.165, 1.54) is 6.42 Å². The zero-order valence-corrected chi connectivity index (χ0v) is 14.2. The first-order valence-electron chi connectivity index (χ1n) is 8.23. The second kappa shape index (κ2) is 6.55. The Morgan fingerprint density at radius 3 is 2.67 bits per heavy atom. The minimum atomic E-state index is -0.327. The number of hydrogen-bond acceptors (Lipinski definition) is 3. The first kappa shape index (κ1) is 16.4. The van der Waals surface area contributed by atoms with Crippen molar-refractivity contribution < 1.29 is 9.21 Å². The Labute approximate surface area is 140 Å². The second-order valence-corrected chi connectivity index (χ2v) is 6.60. The van der Waals surface area contributed by atoms with Crippen molar-refractivity contribution in [2.75, 3.05) is 0 Å². The van der Waals surface area contributed by atoms with Gasteiger partial charge in [-0.1, -0.05) is 6.92 Å². The molecule has 0 bridgehead atoms. The molecule has 1 aliphatic carbocycles. The second-order valence-electron chi connectivity index (χ2n) is 6.60. The molecule has 1 fully saturated rings. The molecule has 1 saturated carbocycles. The lowest BCUT2D eigenvalue weighted by Gasteiger charge is -2.09. The number of amides is 2. The molecule has 2 heterocycles. The molecule has 1 aliphatic rings. The van der Waals surface area contributed by atoms with E-state index in [9.17, 15) is 9.59 Å². The van der Waals surface area contributed by atoms with Crippen LogP contribution in [-0.4, -0.2) is 11.0 Å². The van der Waals surface area contributed by atoms with Gasteiger partial charge in [-0.25, -0.2) is 4.79 Å². The molecule has 2 amide bonds. The van der Waals surface area contributed by atoms with Crippen LogP contribution in [0.25, 0.3) is 0 Å². The minimum Gasteiger partial charge on any atom is -0.464 e. The van der Waals surface area contributed by atoms with Crippen LogP contribution in [0.1, 0.15) is 47.6 Å². The van der Waals surface area contributed by atoms with Crippen molar-refractivity contribution in [3.05, 3.63) is 56.9 Å². The highest BCUT2D eigenvalue weighted by Crippen LogP contribution is 2.47. The third-order valence-corrected chi connectivity index (χ3v) is 4.50. The fraction of sp³-hybridized carbons (Fsp3) is 0.444. The van der Waals surface area contributed by atoms with E-state index < -0.39 is 0 Å². The molecule has 24 heavy (non-hydrogen) atoms. The topological polar surface area (TPSA) is 87.1 Å². The third-order valence-electron chi connectivity index (χ3n) is 4.50. The van der Waals surface area contributed by atoms with Crippen LogP contribution in [0.5, 0.6) is 0 Å². The van der Waals surface area contributed by atoms with Gasteiger partial charge in [-0.05, 0) is 49.9 Å². The van der Waals surface area contributed by atoms with Gasteiger partial charge in [0.25, 0.3) is 5.56 Å². The Hall–Kier alpha value is -2.50. The number of carbonyl (C=O) groups excluding carboxylic acids is 1. The zero-order chi connectivity index (χ0) is 17.3. The molecule has 0 aromatic carbocycles. The van der Waals surface area contributed by atoms with Crippen molar-refractivity contribution in [3.8, 4) is 0 Å². The molecule has 0 radical (unpaired) electrons. The van der Waals surface area contributed by atoms with Gasteiger partial charge >= 0.3 is 6.03 Å². The molecule has 128 valence electrons. The molecule has 2 aromatic heterocycles. The van der Waals surface area contributed by atoms with Crippen LogP contribution >= 0.6 is 0 Å². The zero-order valence-electron chi connectivity index (χ0n) is 14.2. The van der Waals surface area contributed by atoms with E-state index in [2.05, 4.69) is 22.5 Å². The monoisotopic (exact) mass is 329 g/mol. The van der Waals surface area contributed by atoms with Crippen LogP contribution in [0.2, 0.25) is 0 Å². The molecule has 0 saturated heterocycles. The van der Waals surface area contributed by atoms with Crippen molar-refractivity contribution in [1.82, 2.24) is 15.6 Å². The van der Waals surface area contributed by atoms with Crippen molar-refractivity contribution >= 4 is 6.03 Å². The number of aromatic nitrogens is 1. The van der Waals surface area contributed by atoms with E-state index >= 15 is 0 Å². The number of aromatic amines is 1. The summed E-state index contributed by atoms with van der Waals surface area (Å²) >= 11 is 0. The highest BCUT2D eigenvalue weighted by Gasteiger charge is 2.36. The maximum absolute atomic E-state index is 11.9. The minimum absolute atomic E-state index is 0.165. The van der Waals surface area contributed by atoms with E-state index in [-0.39, 0.29) is 18.1 Å².